The maximum absolute atomic E-state index is 11.7. The van der Waals surface area contributed by atoms with Crippen LogP contribution in [0.15, 0.2) is 17.5 Å². The van der Waals surface area contributed by atoms with Gasteiger partial charge in [0.25, 0.3) is 0 Å². The Morgan fingerprint density at radius 2 is 2.50 bits per heavy atom. The minimum atomic E-state index is -0.0257. The van der Waals surface area contributed by atoms with Crippen molar-refractivity contribution in [3.8, 4) is 10.7 Å². The first-order chi connectivity index (χ1) is 9.72. The van der Waals surface area contributed by atoms with Crippen molar-refractivity contribution in [3.05, 3.63) is 22.3 Å². The second-order valence-corrected chi connectivity index (χ2v) is 5.41. The number of ether oxygens (including phenoxy) is 1. The summed E-state index contributed by atoms with van der Waals surface area (Å²) in [7, 11) is 1.60. The van der Waals surface area contributed by atoms with E-state index in [9.17, 15) is 4.79 Å². The number of carbonyl (C=O) groups excluding carboxylic acids is 1. The van der Waals surface area contributed by atoms with E-state index in [-0.39, 0.29) is 5.91 Å². The summed E-state index contributed by atoms with van der Waals surface area (Å²) in [4.78, 5) is 12.7. The van der Waals surface area contributed by atoms with Crippen LogP contribution in [-0.4, -0.2) is 40.9 Å². The van der Waals surface area contributed by atoms with Gasteiger partial charge in [-0.2, -0.15) is 5.10 Å². The fraction of sp³-hybridized carbons (Fsp3) is 0.417. The number of amides is 1. The van der Waals surface area contributed by atoms with Crippen molar-refractivity contribution in [3.63, 3.8) is 0 Å². The molecule has 0 saturated heterocycles. The zero-order valence-corrected chi connectivity index (χ0v) is 12.7. The van der Waals surface area contributed by atoms with Crippen molar-refractivity contribution in [2.75, 3.05) is 20.3 Å². The normalized spacial score (nSPS) is 10.7. The molecule has 0 radical (unpaired) electrons. The molecule has 2 aromatic rings. The minimum Gasteiger partial charge on any atom is -0.383 e. The molecular formula is C12H16N4O2S2. The van der Waals surface area contributed by atoms with Crippen molar-refractivity contribution >= 4 is 29.5 Å². The van der Waals surface area contributed by atoms with E-state index in [4.69, 9.17) is 17.0 Å². The van der Waals surface area contributed by atoms with E-state index in [1.54, 1.807) is 18.4 Å². The summed E-state index contributed by atoms with van der Waals surface area (Å²) >= 11 is 6.79. The van der Waals surface area contributed by atoms with Crippen LogP contribution >= 0.6 is 23.6 Å². The minimum absolute atomic E-state index is 0.0257. The smallest absolute Gasteiger partial charge is 0.221 e. The molecule has 0 aromatic carbocycles. The Morgan fingerprint density at radius 3 is 3.20 bits per heavy atom. The molecule has 0 atom stereocenters. The third kappa shape index (κ3) is 3.75. The summed E-state index contributed by atoms with van der Waals surface area (Å²) in [6, 6.07) is 3.93. The van der Waals surface area contributed by atoms with Crippen LogP contribution in [0.5, 0.6) is 0 Å². The Balaban J connectivity index is 1.98. The molecule has 2 heterocycles. The van der Waals surface area contributed by atoms with Gasteiger partial charge in [0.2, 0.25) is 5.91 Å². The standard InChI is InChI=1S/C12H16N4O2S2/c1-18-7-5-13-10(17)4-6-16-11(14-15-12(16)19)9-3-2-8-20-9/h2-3,8H,4-7H2,1H3,(H,13,17)(H,15,19). The van der Waals surface area contributed by atoms with E-state index in [0.717, 1.165) is 10.7 Å². The van der Waals surface area contributed by atoms with Crippen LogP contribution in [0.2, 0.25) is 0 Å². The summed E-state index contributed by atoms with van der Waals surface area (Å²) in [5, 5.41) is 11.7. The lowest BCUT2D eigenvalue weighted by Crippen LogP contribution is -2.27. The zero-order chi connectivity index (χ0) is 14.4. The highest BCUT2D eigenvalue weighted by Gasteiger charge is 2.11. The van der Waals surface area contributed by atoms with Gasteiger partial charge in [-0.25, -0.2) is 0 Å². The molecule has 2 aromatic heterocycles. The lowest BCUT2D eigenvalue weighted by atomic mass is 10.3. The van der Waals surface area contributed by atoms with Gasteiger partial charge in [0.1, 0.15) is 0 Å². The molecule has 0 aliphatic carbocycles. The molecule has 6 nitrogen and oxygen atoms in total. The molecule has 20 heavy (non-hydrogen) atoms. The summed E-state index contributed by atoms with van der Waals surface area (Å²) in [5.74, 6) is 0.747. The maximum atomic E-state index is 11.7. The number of hydrogen-bond acceptors (Lipinski definition) is 5. The van der Waals surface area contributed by atoms with Crippen LogP contribution in [0, 0.1) is 4.77 Å². The van der Waals surface area contributed by atoms with E-state index < -0.39 is 0 Å². The Hall–Kier alpha value is -1.51. The summed E-state index contributed by atoms with van der Waals surface area (Å²) in [6.45, 7) is 1.53. The molecule has 0 saturated carbocycles. The van der Waals surface area contributed by atoms with Crippen molar-refractivity contribution in [2.24, 2.45) is 0 Å². The number of H-pyrrole nitrogens is 1. The van der Waals surface area contributed by atoms with Crippen molar-refractivity contribution in [2.45, 2.75) is 13.0 Å². The Bertz CT molecular complexity index is 603. The van der Waals surface area contributed by atoms with Gasteiger partial charge in [-0.1, -0.05) is 6.07 Å². The summed E-state index contributed by atoms with van der Waals surface area (Å²) in [6.07, 6.45) is 0.357. The van der Waals surface area contributed by atoms with Crippen LogP contribution in [0.25, 0.3) is 10.7 Å². The van der Waals surface area contributed by atoms with Crippen LogP contribution in [0.4, 0.5) is 0 Å². The van der Waals surface area contributed by atoms with E-state index in [1.165, 1.54) is 0 Å². The fourth-order valence-corrected chi connectivity index (χ4v) is 2.66. The van der Waals surface area contributed by atoms with Gasteiger partial charge in [0.05, 0.1) is 11.5 Å². The number of nitrogens with one attached hydrogen (secondary N) is 2. The molecule has 0 bridgehead atoms. The number of methoxy groups -OCH3 is 1. The molecule has 0 aliphatic rings. The predicted molar refractivity (Wildman–Crippen MR) is 80.2 cm³/mol. The molecule has 108 valence electrons. The lowest BCUT2D eigenvalue weighted by molar-refractivity contribution is -0.121. The van der Waals surface area contributed by atoms with E-state index in [0.29, 0.717) is 30.9 Å². The Morgan fingerprint density at radius 1 is 1.65 bits per heavy atom. The number of nitrogens with zero attached hydrogens (tertiary/aromatic N) is 2. The van der Waals surface area contributed by atoms with E-state index in [1.807, 2.05) is 22.1 Å². The zero-order valence-electron chi connectivity index (χ0n) is 11.1. The van der Waals surface area contributed by atoms with Crippen molar-refractivity contribution in [1.29, 1.82) is 0 Å². The first-order valence-electron chi connectivity index (χ1n) is 6.17. The second-order valence-electron chi connectivity index (χ2n) is 4.07. The quantitative estimate of drug-likeness (QED) is 0.604. The number of aromatic nitrogens is 3. The number of carbonyl (C=O) groups is 1. The third-order valence-electron chi connectivity index (χ3n) is 2.69. The van der Waals surface area contributed by atoms with Gasteiger partial charge >= 0.3 is 0 Å². The van der Waals surface area contributed by atoms with Crippen LogP contribution in [0.1, 0.15) is 6.42 Å². The fourth-order valence-electron chi connectivity index (χ4n) is 1.71. The monoisotopic (exact) mass is 312 g/mol. The summed E-state index contributed by atoms with van der Waals surface area (Å²) < 4.78 is 7.25. The first kappa shape index (κ1) is 14.9. The Kier molecular flexibility index (Phi) is 5.45. The van der Waals surface area contributed by atoms with E-state index in [2.05, 4.69) is 15.5 Å². The molecule has 0 fully saturated rings. The second kappa shape index (κ2) is 7.32. The van der Waals surface area contributed by atoms with Crippen LogP contribution < -0.4 is 5.32 Å². The maximum Gasteiger partial charge on any atom is 0.221 e. The molecule has 0 unspecified atom stereocenters. The van der Waals surface area contributed by atoms with Crippen LogP contribution in [-0.2, 0) is 16.1 Å². The van der Waals surface area contributed by atoms with Gasteiger partial charge in [0.15, 0.2) is 10.6 Å². The lowest BCUT2D eigenvalue weighted by Gasteiger charge is -2.06. The number of rotatable bonds is 7. The molecule has 8 heteroatoms. The average molecular weight is 312 g/mol. The number of aromatic amines is 1. The largest absolute Gasteiger partial charge is 0.383 e. The highest BCUT2D eigenvalue weighted by Crippen LogP contribution is 2.22. The molecule has 0 spiro atoms. The topological polar surface area (TPSA) is 71.9 Å². The molecule has 2 rings (SSSR count). The predicted octanol–water partition coefficient (Wildman–Crippen LogP) is 1.82. The van der Waals surface area contributed by atoms with Gasteiger partial charge in [-0.3, -0.25) is 14.5 Å². The first-order valence-corrected chi connectivity index (χ1v) is 7.46. The van der Waals surface area contributed by atoms with Crippen LogP contribution in [0.3, 0.4) is 0 Å². The number of thiophene rings is 1. The molecule has 1 amide bonds. The molecule has 0 aliphatic heterocycles. The highest BCUT2D eigenvalue weighted by atomic mass is 32.1. The Labute approximate surface area is 125 Å². The van der Waals surface area contributed by atoms with Gasteiger partial charge in [-0.15, -0.1) is 11.3 Å². The third-order valence-corrected chi connectivity index (χ3v) is 3.87. The van der Waals surface area contributed by atoms with Gasteiger partial charge in [0, 0.05) is 26.6 Å². The average Bonchev–Trinajstić information content (AvgIpc) is 3.06. The van der Waals surface area contributed by atoms with Crippen molar-refractivity contribution in [1.82, 2.24) is 20.1 Å². The van der Waals surface area contributed by atoms with Crippen molar-refractivity contribution < 1.29 is 9.53 Å². The highest BCUT2D eigenvalue weighted by molar-refractivity contribution is 7.71. The number of hydrogen-bond donors (Lipinski definition) is 2. The van der Waals surface area contributed by atoms with Gasteiger partial charge in [-0.05, 0) is 23.7 Å². The van der Waals surface area contributed by atoms with Gasteiger partial charge < -0.3 is 10.1 Å². The molecule has 2 N–H and O–H groups in total. The summed E-state index contributed by atoms with van der Waals surface area (Å²) in [5.41, 5.74) is 0. The molecular weight excluding hydrogens is 296 g/mol. The van der Waals surface area contributed by atoms with E-state index >= 15 is 0 Å². The SMILES string of the molecule is COCCNC(=O)CCn1c(-c2cccs2)n[nH]c1=S.